The number of aromatic nitrogens is 3. The van der Waals surface area contributed by atoms with E-state index >= 15 is 0 Å². The van der Waals surface area contributed by atoms with Crippen molar-refractivity contribution in [1.82, 2.24) is 14.5 Å². The molecule has 0 spiro atoms. The maximum Gasteiger partial charge on any atom is 0.143 e. The highest BCUT2D eigenvalue weighted by atomic mass is 35.5. The zero-order valence-corrected chi connectivity index (χ0v) is 15.0. The number of hydrogen-bond donors (Lipinski definition) is 1. The second-order valence-electron chi connectivity index (χ2n) is 6.84. The van der Waals surface area contributed by atoms with Crippen LogP contribution in [0.25, 0.3) is 11.0 Å². The normalized spacial score (nSPS) is 21.0. The van der Waals surface area contributed by atoms with Gasteiger partial charge in [0.1, 0.15) is 12.0 Å². The molecule has 1 aromatic carbocycles. The molecule has 0 radical (unpaired) electrons. The smallest absolute Gasteiger partial charge is 0.143 e. The summed E-state index contributed by atoms with van der Waals surface area (Å²) in [6, 6.07) is 11.9. The predicted molar refractivity (Wildman–Crippen MR) is 99.6 cm³/mol. The number of hydrogen-bond acceptors (Lipinski definition) is 4. The molecular weight excluding hydrogens is 348 g/mol. The van der Waals surface area contributed by atoms with Gasteiger partial charge in [0.05, 0.1) is 24.3 Å². The molecule has 0 saturated heterocycles. The zero-order valence-electron chi connectivity index (χ0n) is 14.2. The topological polar surface area (TPSA) is 74.7 Å². The fourth-order valence-corrected chi connectivity index (χ4v) is 4.12. The second kappa shape index (κ2) is 7.06. The fourth-order valence-electron chi connectivity index (χ4n) is 4.00. The molecule has 3 atom stereocenters. The Morgan fingerprint density at radius 3 is 2.81 bits per heavy atom. The van der Waals surface area contributed by atoms with Gasteiger partial charge in [-0.3, -0.25) is 0 Å². The molecule has 0 bridgehead atoms. The molecule has 132 valence electrons. The first-order chi connectivity index (χ1) is 12.7. The van der Waals surface area contributed by atoms with Crippen LogP contribution in [0.15, 0.2) is 42.9 Å². The number of nitriles is 1. The SMILES string of the molecule is N#CCc1ncnc2c1ccn2C1CCC(C(O)c2ccc(Cl)cc2)C1. The number of nitrogens with zero attached hydrogens (tertiary/aromatic N) is 4. The number of aliphatic hydroxyl groups excluding tert-OH is 1. The summed E-state index contributed by atoms with van der Waals surface area (Å²) in [6.07, 6.45) is 6.21. The molecule has 6 heteroatoms. The lowest BCUT2D eigenvalue weighted by molar-refractivity contribution is 0.109. The lowest BCUT2D eigenvalue weighted by atomic mass is 9.94. The van der Waals surface area contributed by atoms with Crippen molar-refractivity contribution in [3.63, 3.8) is 0 Å². The summed E-state index contributed by atoms with van der Waals surface area (Å²) in [6.45, 7) is 0. The van der Waals surface area contributed by atoms with E-state index in [0.29, 0.717) is 11.1 Å². The minimum absolute atomic E-state index is 0.207. The summed E-state index contributed by atoms with van der Waals surface area (Å²) in [5.41, 5.74) is 2.56. The molecule has 1 N–H and O–H groups in total. The minimum Gasteiger partial charge on any atom is -0.388 e. The largest absolute Gasteiger partial charge is 0.388 e. The maximum absolute atomic E-state index is 10.7. The monoisotopic (exact) mass is 366 g/mol. The third-order valence-corrected chi connectivity index (χ3v) is 5.59. The highest BCUT2D eigenvalue weighted by molar-refractivity contribution is 6.30. The number of halogens is 1. The molecule has 5 nitrogen and oxygen atoms in total. The summed E-state index contributed by atoms with van der Waals surface area (Å²) < 4.78 is 2.17. The molecule has 3 unspecified atom stereocenters. The van der Waals surface area contributed by atoms with Crippen LogP contribution < -0.4 is 0 Å². The van der Waals surface area contributed by atoms with E-state index in [9.17, 15) is 5.11 Å². The standard InChI is InChI=1S/C20H19ClN4O/c21-15-4-1-13(2-5-15)19(26)14-3-6-16(11-14)25-10-8-17-18(7-9-22)23-12-24-20(17)25/h1-2,4-5,8,10,12,14,16,19,26H,3,6-7,11H2. The van der Waals surface area contributed by atoms with E-state index in [1.807, 2.05) is 36.5 Å². The second-order valence-corrected chi connectivity index (χ2v) is 7.28. The van der Waals surface area contributed by atoms with E-state index in [2.05, 4.69) is 20.6 Å². The average Bonchev–Trinajstić information content (AvgIpc) is 3.29. The first-order valence-corrected chi connectivity index (χ1v) is 9.16. The van der Waals surface area contributed by atoms with Gasteiger partial charge in [-0.15, -0.1) is 0 Å². The summed E-state index contributed by atoms with van der Waals surface area (Å²) in [5, 5.41) is 21.3. The Balaban J connectivity index is 1.56. The Bertz CT molecular complexity index is 960. The molecule has 1 saturated carbocycles. The summed E-state index contributed by atoms with van der Waals surface area (Å²) >= 11 is 5.94. The summed E-state index contributed by atoms with van der Waals surface area (Å²) in [4.78, 5) is 8.66. The van der Waals surface area contributed by atoms with Gasteiger partial charge in [-0.05, 0) is 48.9 Å². The molecule has 1 aliphatic rings. The fraction of sp³-hybridized carbons (Fsp3) is 0.350. The number of rotatable bonds is 4. The van der Waals surface area contributed by atoms with E-state index in [1.54, 1.807) is 0 Å². The molecule has 3 aromatic rings. The molecular formula is C20H19ClN4O. The van der Waals surface area contributed by atoms with Crippen LogP contribution in [0.4, 0.5) is 0 Å². The maximum atomic E-state index is 10.7. The van der Waals surface area contributed by atoms with Crippen molar-refractivity contribution in [3.8, 4) is 6.07 Å². The Morgan fingerprint density at radius 2 is 2.04 bits per heavy atom. The highest BCUT2D eigenvalue weighted by Crippen LogP contribution is 2.42. The third-order valence-electron chi connectivity index (χ3n) is 5.34. The van der Waals surface area contributed by atoms with Gasteiger partial charge in [0.25, 0.3) is 0 Å². The Morgan fingerprint density at radius 1 is 1.23 bits per heavy atom. The van der Waals surface area contributed by atoms with E-state index in [1.165, 1.54) is 6.33 Å². The van der Waals surface area contributed by atoms with Crippen LogP contribution in [0.3, 0.4) is 0 Å². The van der Waals surface area contributed by atoms with Gasteiger partial charge in [0.2, 0.25) is 0 Å². The van der Waals surface area contributed by atoms with Crippen molar-refractivity contribution < 1.29 is 5.11 Å². The van der Waals surface area contributed by atoms with Crippen molar-refractivity contribution in [2.24, 2.45) is 5.92 Å². The molecule has 0 aliphatic heterocycles. The molecule has 4 rings (SSSR count). The molecule has 26 heavy (non-hydrogen) atoms. The van der Waals surface area contributed by atoms with Crippen molar-refractivity contribution in [3.05, 3.63) is 59.1 Å². The van der Waals surface area contributed by atoms with E-state index in [-0.39, 0.29) is 12.3 Å². The van der Waals surface area contributed by atoms with Crippen LogP contribution in [0.1, 0.15) is 42.7 Å². The first kappa shape index (κ1) is 17.0. The Labute approximate surface area is 156 Å². The van der Waals surface area contributed by atoms with E-state index < -0.39 is 6.10 Å². The van der Waals surface area contributed by atoms with Crippen LogP contribution in [0, 0.1) is 17.2 Å². The molecule has 1 aliphatic carbocycles. The van der Waals surface area contributed by atoms with Crippen LogP contribution >= 0.6 is 11.6 Å². The van der Waals surface area contributed by atoms with Crippen LogP contribution in [0.2, 0.25) is 5.02 Å². The van der Waals surface area contributed by atoms with Gasteiger partial charge < -0.3 is 9.67 Å². The lowest BCUT2D eigenvalue weighted by Crippen LogP contribution is -2.11. The van der Waals surface area contributed by atoms with Gasteiger partial charge in [-0.1, -0.05) is 23.7 Å². The van der Waals surface area contributed by atoms with E-state index in [4.69, 9.17) is 16.9 Å². The van der Waals surface area contributed by atoms with Crippen LogP contribution in [0.5, 0.6) is 0 Å². The lowest BCUT2D eigenvalue weighted by Gasteiger charge is -2.19. The molecule has 2 heterocycles. The third kappa shape index (κ3) is 3.07. The average molecular weight is 367 g/mol. The predicted octanol–water partition coefficient (Wildman–Crippen LogP) is 4.23. The first-order valence-electron chi connectivity index (χ1n) is 8.78. The van der Waals surface area contributed by atoms with Crippen molar-refractivity contribution in [2.45, 2.75) is 37.8 Å². The highest BCUT2D eigenvalue weighted by Gasteiger charge is 2.32. The van der Waals surface area contributed by atoms with Crippen molar-refractivity contribution >= 4 is 22.6 Å². The summed E-state index contributed by atoms with van der Waals surface area (Å²) in [7, 11) is 0. The van der Waals surface area contributed by atoms with Gasteiger partial charge in [-0.2, -0.15) is 5.26 Å². The zero-order chi connectivity index (χ0) is 18.1. The molecule has 0 amide bonds. The van der Waals surface area contributed by atoms with Crippen molar-refractivity contribution in [1.29, 1.82) is 5.26 Å². The van der Waals surface area contributed by atoms with E-state index in [0.717, 1.165) is 41.6 Å². The number of fused-ring (bicyclic) bond motifs is 1. The number of benzene rings is 1. The minimum atomic E-state index is -0.483. The Kier molecular flexibility index (Phi) is 4.62. The van der Waals surface area contributed by atoms with Gasteiger partial charge >= 0.3 is 0 Å². The summed E-state index contributed by atoms with van der Waals surface area (Å²) in [5.74, 6) is 0.207. The Hall–Kier alpha value is -2.42. The molecule has 2 aromatic heterocycles. The van der Waals surface area contributed by atoms with Crippen LogP contribution in [-0.4, -0.2) is 19.6 Å². The van der Waals surface area contributed by atoms with Crippen molar-refractivity contribution in [2.75, 3.05) is 0 Å². The molecule has 1 fully saturated rings. The quantitative estimate of drug-likeness (QED) is 0.749. The van der Waals surface area contributed by atoms with Gasteiger partial charge in [-0.25, -0.2) is 9.97 Å². The van der Waals surface area contributed by atoms with Gasteiger partial charge in [0, 0.05) is 22.6 Å². The number of aliphatic hydroxyl groups is 1. The van der Waals surface area contributed by atoms with Gasteiger partial charge in [0.15, 0.2) is 0 Å². The van der Waals surface area contributed by atoms with Crippen LogP contribution in [-0.2, 0) is 6.42 Å².